The molecule has 0 unspecified atom stereocenters. The number of carbonyl (C=O) groups excluding carboxylic acids is 2. The van der Waals surface area contributed by atoms with E-state index in [4.69, 9.17) is 9.90 Å². The zero-order chi connectivity index (χ0) is 26.2. The van der Waals surface area contributed by atoms with E-state index in [0.29, 0.717) is 17.7 Å². The summed E-state index contributed by atoms with van der Waals surface area (Å²) >= 11 is 0. The number of imide groups is 1. The van der Waals surface area contributed by atoms with Crippen molar-refractivity contribution >= 4 is 17.8 Å². The molecule has 5 rings (SSSR count). The van der Waals surface area contributed by atoms with Crippen molar-refractivity contribution in [3.05, 3.63) is 70.1 Å². The van der Waals surface area contributed by atoms with Crippen LogP contribution in [0.25, 0.3) is 0 Å². The number of fused-ring (bicyclic) bond motifs is 2. The Balaban J connectivity index is 0.000000384. The fourth-order valence-corrected chi connectivity index (χ4v) is 4.25. The number of rotatable bonds is 4. The molecule has 2 amide bonds. The number of alkyl halides is 3. The van der Waals surface area contributed by atoms with Gasteiger partial charge in [0.25, 0.3) is 11.8 Å². The first-order valence-corrected chi connectivity index (χ1v) is 11.0. The van der Waals surface area contributed by atoms with Gasteiger partial charge in [-0.2, -0.15) is 18.3 Å². The van der Waals surface area contributed by atoms with E-state index in [9.17, 15) is 22.8 Å². The summed E-state index contributed by atoms with van der Waals surface area (Å²) in [5.74, 6) is -2.31. The Bertz CT molecular complexity index is 1290. The summed E-state index contributed by atoms with van der Waals surface area (Å²) in [5, 5.41) is 11.7. The van der Waals surface area contributed by atoms with E-state index in [1.807, 2.05) is 20.2 Å². The third kappa shape index (κ3) is 5.15. The summed E-state index contributed by atoms with van der Waals surface area (Å²) in [4.78, 5) is 45.8. The van der Waals surface area contributed by atoms with E-state index in [-0.39, 0.29) is 18.4 Å². The van der Waals surface area contributed by atoms with Gasteiger partial charge in [0.2, 0.25) is 0 Å². The highest BCUT2D eigenvalue weighted by atomic mass is 19.4. The molecule has 13 heteroatoms. The van der Waals surface area contributed by atoms with Crippen LogP contribution in [0.3, 0.4) is 0 Å². The average molecular weight is 504 g/mol. The molecule has 2 N–H and O–H groups in total. The van der Waals surface area contributed by atoms with E-state index >= 15 is 0 Å². The van der Waals surface area contributed by atoms with Crippen molar-refractivity contribution in [3.63, 3.8) is 0 Å². The van der Waals surface area contributed by atoms with E-state index in [2.05, 4.69) is 20.0 Å². The first kappa shape index (κ1) is 25.1. The number of carboxylic acids is 1. The van der Waals surface area contributed by atoms with E-state index in [0.717, 1.165) is 42.3 Å². The van der Waals surface area contributed by atoms with Crippen LogP contribution < -0.4 is 0 Å². The van der Waals surface area contributed by atoms with Gasteiger partial charge in [-0.25, -0.2) is 9.78 Å². The zero-order valence-corrected chi connectivity index (χ0v) is 19.5. The molecule has 0 saturated carbocycles. The Hall–Kier alpha value is -4.00. The highest BCUT2D eigenvalue weighted by molar-refractivity contribution is 6.21. The number of amides is 2. The minimum Gasteiger partial charge on any atom is -0.475 e. The highest BCUT2D eigenvalue weighted by Crippen LogP contribution is 2.26. The molecule has 0 atom stereocenters. The summed E-state index contributed by atoms with van der Waals surface area (Å²) in [7, 11) is 1.86. The number of halogens is 3. The molecule has 0 fully saturated rings. The summed E-state index contributed by atoms with van der Waals surface area (Å²) in [6.07, 6.45) is -2.20. The zero-order valence-electron chi connectivity index (χ0n) is 19.5. The van der Waals surface area contributed by atoms with Crippen LogP contribution in [0.2, 0.25) is 0 Å². The van der Waals surface area contributed by atoms with Crippen molar-refractivity contribution in [3.8, 4) is 0 Å². The number of benzene rings is 1. The lowest BCUT2D eigenvalue weighted by Gasteiger charge is -2.26. The topological polar surface area (TPSA) is 124 Å². The Labute approximate surface area is 203 Å². The number of H-pyrrole nitrogens is 1. The lowest BCUT2D eigenvalue weighted by molar-refractivity contribution is -0.192. The number of carboxylic acid groups (broad SMARTS) is 1. The standard InChI is InChI=1S/C21H22N6O2.C2HF3O2/c1-13-22-17-7-8-26(11-19(17)23-13)10-14-9-25(2)24-18(14)12-27-20(28)15-5-3-4-6-16(15)21(27)29;3-2(4,5)1(6)7/h3-6,9H,7-8,10-12H2,1-2H3,(H,22,23);(H,6,7). The number of hydrogen-bond donors (Lipinski definition) is 2. The second-order valence-corrected chi connectivity index (χ2v) is 8.53. The van der Waals surface area contributed by atoms with Crippen LogP contribution in [0, 0.1) is 6.92 Å². The quantitative estimate of drug-likeness (QED) is 0.523. The number of aromatic amines is 1. The number of nitrogens with zero attached hydrogens (tertiary/aromatic N) is 5. The predicted octanol–water partition coefficient (Wildman–Crippen LogP) is 2.44. The molecule has 3 aromatic rings. The van der Waals surface area contributed by atoms with E-state index in [1.165, 1.54) is 10.6 Å². The third-order valence-electron chi connectivity index (χ3n) is 5.84. The molecular weight excluding hydrogens is 481 g/mol. The molecule has 36 heavy (non-hydrogen) atoms. The molecule has 0 radical (unpaired) electrons. The van der Waals surface area contributed by atoms with Crippen LogP contribution in [-0.4, -0.2) is 65.2 Å². The lowest BCUT2D eigenvalue weighted by Crippen LogP contribution is -2.32. The van der Waals surface area contributed by atoms with Gasteiger partial charge in [0.05, 0.1) is 34.8 Å². The van der Waals surface area contributed by atoms with Crippen molar-refractivity contribution in [1.82, 2.24) is 29.5 Å². The Morgan fingerprint density at radius 1 is 1.14 bits per heavy atom. The molecule has 0 aliphatic carbocycles. The third-order valence-corrected chi connectivity index (χ3v) is 5.84. The van der Waals surface area contributed by atoms with E-state index in [1.54, 1.807) is 28.9 Å². The maximum Gasteiger partial charge on any atom is 0.490 e. The number of carbonyl (C=O) groups is 3. The molecule has 0 spiro atoms. The van der Waals surface area contributed by atoms with Gasteiger partial charge in [0, 0.05) is 44.9 Å². The fraction of sp³-hybridized carbons (Fsp3) is 0.348. The minimum atomic E-state index is -5.08. The van der Waals surface area contributed by atoms with Crippen molar-refractivity contribution in [2.75, 3.05) is 6.54 Å². The van der Waals surface area contributed by atoms with Gasteiger partial charge in [0.1, 0.15) is 5.82 Å². The van der Waals surface area contributed by atoms with Gasteiger partial charge in [-0.15, -0.1) is 0 Å². The number of aryl methyl sites for hydroxylation is 2. The molecule has 1 aromatic carbocycles. The van der Waals surface area contributed by atoms with Crippen molar-refractivity contribution < 1.29 is 32.7 Å². The highest BCUT2D eigenvalue weighted by Gasteiger charge is 2.38. The summed E-state index contributed by atoms with van der Waals surface area (Å²) in [6.45, 7) is 4.59. The van der Waals surface area contributed by atoms with Crippen LogP contribution in [0.15, 0.2) is 30.5 Å². The minimum absolute atomic E-state index is 0.185. The van der Waals surface area contributed by atoms with Gasteiger partial charge < -0.3 is 10.1 Å². The van der Waals surface area contributed by atoms with Crippen LogP contribution in [0.1, 0.15) is 49.2 Å². The maximum atomic E-state index is 12.7. The molecule has 2 aliphatic heterocycles. The second kappa shape index (κ2) is 9.57. The van der Waals surface area contributed by atoms with Crippen LogP contribution >= 0.6 is 0 Å². The molecule has 190 valence electrons. The summed E-state index contributed by atoms with van der Waals surface area (Å²) < 4.78 is 33.5. The largest absolute Gasteiger partial charge is 0.490 e. The molecule has 0 bridgehead atoms. The fourth-order valence-electron chi connectivity index (χ4n) is 4.25. The van der Waals surface area contributed by atoms with Crippen molar-refractivity contribution in [2.45, 2.75) is 39.2 Å². The van der Waals surface area contributed by atoms with Gasteiger partial charge in [-0.1, -0.05) is 12.1 Å². The number of imidazole rings is 1. The maximum absolute atomic E-state index is 12.7. The monoisotopic (exact) mass is 504 g/mol. The predicted molar refractivity (Wildman–Crippen MR) is 119 cm³/mol. The Morgan fingerprint density at radius 2 is 1.75 bits per heavy atom. The lowest BCUT2D eigenvalue weighted by atomic mass is 10.1. The van der Waals surface area contributed by atoms with Crippen molar-refractivity contribution in [2.24, 2.45) is 7.05 Å². The van der Waals surface area contributed by atoms with Crippen LogP contribution in [-0.2, 0) is 37.9 Å². The van der Waals surface area contributed by atoms with Crippen LogP contribution in [0.5, 0.6) is 0 Å². The summed E-state index contributed by atoms with van der Waals surface area (Å²) in [5.41, 5.74) is 5.04. The molecule has 10 nitrogen and oxygen atoms in total. The van der Waals surface area contributed by atoms with Crippen LogP contribution in [0.4, 0.5) is 13.2 Å². The number of aromatic nitrogens is 4. The molecule has 2 aromatic heterocycles. The molecular formula is C23H23F3N6O4. The Kier molecular flexibility index (Phi) is 6.67. The number of hydrogen-bond acceptors (Lipinski definition) is 6. The number of aliphatic carboxylic acids is 1. The molecule has 4 heterocycles. The van der Waals surface area contributed by atoms with Gasteiger partial charge >= 0.3 is 12.1 Å². The van der Waals surface area contributed by atoms with E-state index < -0.39 is 12.1 Å². The molecule has 2 aliphatic rings. The first-order valence-electron chi connectivity index (χ1n) is 11.0. The first-order chi connectivity index (χ1) is 16.9. The van der Waals surface area contributed by atoms with Gasteiger partial charge in [0.15, 0.2) is 0 Å². The Morgan fingerprint density at radius 3 is 2.33 bits per heavy atom. The average Bonchev–Trinajstić information content (AvgIpc) is 3.43. The van der Waals surface area contributed by atoms with Gasteiger partial charge in [-0.3, -0.25) is 24.1 Å². The normalized spacial score (nSPS) is 15.4. The number of nitrogens with one attached hydrogen (secondary N) is 1. The summed E-state index contributed by atoms with van der Waals surface area (Å²) in [6, 6.07) is 6.96. The molecule has 0 saturated heterocycles. The second-order valence-electron chi connectivity index (χ2n) is 8.53. The van der Waals surface area contributed by atoms with Crippen molar-refractivity contribution in [1.29, 1.82) is 0 Å². The smallest absolute Gasteiger partial charge is 0.475 e. The van der Waals surface area contributed by atoms with Gasteiger partial charge in [-0.05, 0) is 19.1 Å². The SMILES string of the molecule is Cc1nc2c([nH]1)CN(Cc1cn(C)nc1CN1C(=O)c3ccccc3C1=O)CC2.O=C(O)C(F)(F)F.